The number of halogens is 3. The van der Waals surface area contributed by atoms with Crippen molar-refractivity contribution in [2.24, 2.45) is 0 Å². The molecule has 3 rings (SSSR count). The number of carbonyl (C=O) groups is 2. The fourth-order valence-corrected chi connectivity index (χ4v) is 3.41. The van der Waals surface area contributed by atoms with Crippen LogP contribution in [-0.2, 0) is 11.0 Å². The fraction of sp³-hybridized carbons (Fsp3) is 0.350. The van der Waals surface area contributed by atoms with Crippen LogP contribution in [0.15, 0.2) is 42.6 Å². The number of nitrogens with one attached hydrogen (secondary N) is 2. The monoisotopic (exact) mass is 406 g/mol. The summed E-state index contributed by atoms with van der Waals surface area (Å²) in [6.45, 7) is 0. The lowest BCUT2D eigenvalue weighted by molar-refractivity contribution is -0.139. The smallest absolute Gasteiger partial charge is 0.349 e. The molecule has 2 aromatic rings. The summed E-state index contributed by atoms with van der Waals surface area (Å²) >= 11 is 0. The quantitative estimate of drug-likeness (QED) is 0.811. The Morgan fingerprint density at radius 1 is 1.24 bits per heavy atom. The molecule has 3 amide bonds. The van der Waals surface area contributed by atoms with Crippen LogP contribution < -0.4 is 10.6 Å². The Kier molecular flexibility index (Phi) is 5.76. The Hall–Kier alpha value is -3.10. The maximum atomic E-state index is 13.4. The molecule has 2 heterocycles. The maximum absolute atomic E-state index is 13.4. The largest absolute Gasteiger partial charge is 0.416 e. The van der Waals surface area contributed by atoms with Gasteiger partial charge >= 0.3 is 12.2 Å². The second-order valence-corrected chi connectivity index (χ2v) is 7.14. The van der Waals surface area contributed by atoms with Gasteiger partial charge in [-0.05, 0) is 41.7 Å². The van der Waals surface area contributed by atoms with E-state index in [4.69, 9.17) is 0 Å². The zero-order chi connectivity index (χ0) is 21.2. The van der Waals surface area contributed by atoms with Gasteiger partial charge in [0.25, 0.3) is 0 Å². The van der Waals surface area contributed by atoms with Gasteiger partial charge in [0, 0.05) is 26.7 Å². The molecule has 1 fully saturated rings. The first-order chi connectivity index (χ1) is 13.6. The van der Waals surface area contributed by atoms with Crippen LogP contribution in [0.1, 0.15) is 41.5 Å². The fourth-order valence-electron chi connectivity index (χ4n) is 3.41. The number of alkyl halides is 3. The van der Waals surface area contributed by atoms with Crippen molar-refractivity contribution >= 4 is 17.8 Å². The molecule has 154 valence electrons. The number of piperidine rings is 1. The normalized spacial score (nSPS) is 19.4. The van der Waals surface area contributed by atoms with Crippen molar-refractivity contribution in [1.29, 1.82) is 0 Å². The average molecular weight is 406 g/mol. The van der Waals surface area contributed by atoms with E-state index < -0.39 is 17.8 Å². The topological polar surface area (TPSA) is 74.3 Å². The van der Waals surface area contributed by atoms with Crippen molar-refractivity contribution < 1.29 is 22.8 Å². The number of hydrogen-bond donors (Lipinski definition) is 2. The Morgan fingerprint density at radius 3 is 2.66 bits per heavy atom. The molecule has 0 saturated carbocycles. The molecule has 2 unspecified atom stereocenters. The lowest BCUT2D eigenvalue weighted by atomic mass is 9.83. The van der Waals surface area contributed by atoms with E-state index >= 15 is 0 Å². The van der Waals surface area contributed by atoms with Crippen LogP contribution in [0.5, 0.6) is 0 Å². The number of anilines is 1. The number of aromatic nitrogens is 1. The molecular formula is C20H21F3N4O2. The highest BCUT2D eigenvalue weighted by atomic mass is 19.4. The van der Waals surface area contributed by atoms with Gasteiger partial charge in [0.15, 0.2) is 0 Å². The van der Waals surface area contributed by atoms with Crippen molar-refractivity contribution in [3.05, 3.63) is 59.3 Å². The second-order valence-electron chi connectivity index (χ2n) is 7.14. The van der Waals surface area contributed by atoms with E-state index in [1.165, 1.54) is 29.3 Å². The first-order valence-corrected chi connectivity index (χ1v) is 9.05. The summed E-state index contributed by atoms with van der Waals surface area (Å²) in [6.07, 6.45) is -2.54. The van der Waals surface area contributed by atoms with E-state index in [0.717, 1.165) is 11.6 Å². The lowest BCUT2D eigenvalue weighted by Gasteiger charge is -2.32. The first-order valence-electron chi connectivity index (χ1n) is 9.05. The summed E-state index contributed by atoms with van der Waals surface area (Å²) in [5.41, 5.74) is 0.0336. The van der Waals surface area contributed by atoms with Crippen LogP contribution in [0.25, 0.3) is 0 Å². The summed E-state index contributed by atoms with van der Waals surface area (Å²) in [5, 5.41) is 5.31. The molecule has 2 N–H and O–H groups in total. The summed E-state index contributed by atoms with van der Waals surface area (Å²) < 4.78 is 40.2. The van der Waals surface area contributed by atoms with Crippen LogP contribution in [0.3, 0.4) is 0 Å². The maximum Gasteiger partial charge on any atom is 0.416 e. The molecule has 0 spiro atoms. The third kappa shape index (κ3) is 4.85. The van der Waals surface area contributed by atoms with Crippen molar-refractivity contribution in [2.75, 3.05) is 19.4 Å². The molecular weight excluding hydrogens is 385 g/mol. The third-order valence-corrected chi connectivity index (χ3v) is 4.83. The molecule has 1 aromatic heterocycles. The Balaban J connectivity index is 1.87. The van der Waals surface area contributed by atoms with E-state index in [0.29, 0.717) is 12.2 Å². The molecule has 1 saturated heterocycles. The van der Waals surface area contributed by atoms with E-state index in [2.05, 4.69) is 15.6 Å². The van der Waals surface area contributed by atoms with E-state index in [1.54, 1.807) is 26.2 Å². The highest BCUT2D eigenvalue weighted by molar-refractivity contribution is 5.88. The predicted octanol–water partition coefficient (Wildman–Crippen LogP) is 3.93. The van der Waals surface area contributed by atoms with Crippen LogP contribution in [-0.4, -0.2) is 35.9 Å². The van der Waals surface area contributed by atoms with Crippen LogP contribution in [0.4, 0.5) is 23.8 Å². The SMILES string of the molecule is CN(C)C(=O)Nc1cc(C2CC(=O)NC(c3ccccc3C(F)(F)F)C2)ccn1. The molecule has 1 aliphatic heterocycles. The number of nitrogens with zero attached hydrogens (tertiary/aromatic N) is 2. The molecule has 0 bridgehead atoms. The average Bonchev–Trinajstić information content (AvgIpc) is 2.67. The molecule has 6 nitrogen and oxygen atoms in total. The molecule has 0 aliphatic carbocycles. The number of benzene rings is 1. The van der Waals surface area contributed by atoms with Gasteiger partial charge < -0.3 is 10.2 Å². The van der Waals surface area contributed by atoms with E-state index in [9.17, 15) is 22.8 Å². The van der Waals surface area contributed by atoms with Crippen molar-refractivity contribution in [3.63, 3.8) is 0 Å². The number of pyridine rings is 1. The minimum absolute atomic E-state index is 0.0493. The lowest BCUT2D eigenvalue weighted by Crippen LogP contribution is -2.37. The standard InChI is InChI=1S/C20H21F3N4O2/c1-27(2)19(29)26-17-10-12(7-8-24-17)13-9-16(25-18(28)11-13)14-5-3-4-6-15(14)20(21,22)23/h3-8,10,13,16H,9,11H2,1-2H3,(H,25,28)(H,24,26,29). The minimum atomic E-state index is -4.51. The summed E-state index contributed by atoms with van der Waals surface area (Å²) in [6, 6.07) is 7.52. The first kappa shape index (κ1) is 20.6. The molecule has 29 heavy (non-hydrogen) atoms. The van der Waals surface area contributed by atoms with Crippen LogP contribution in [0, 0.1) is 0 Å². The van der Waals surface area contributed by atoms with Gasteiger partial charge in [0.2, 0.25) is 5.91 Å². The van der Waals surface area contributed by atoms with E-state index in [-0.39, 0.29) is 29.8 Å². The number of rotatable bonds is 3. The van der Waals surface area contributed by atoms with Gasteiger partial charge in [-0.15, -0.1) is 0 Å². The molecule has 2 atom stereocenters. The molecule has 0 radical (unpaired) electrons. The van der Waals surface area contributed by atoms with Gasteiger partial charge in [-0.3, -0.25) is 10.1 Å². The van der Waals surface area contributed by atoms with Gasteiger partial charge in [0.05, 0.1) is 11.6 Å². The van der Waals surface area contributed by atoms with E-state index in [1.807, 2.05) is 0 Å². The Morgan fingerprint density at radius 2 is 1.97 bits per heavy atom. The number of amides is 3. The Labute approximate surface area is 166 Å². The third-order valence-electron chi connectivity index (χ3n) is 4.83. The van der Waals surface area contributed by atoms with Crippen molar-refractivity contribution in [3.8, 4) is 0 Å². The zero-order valence-corrected chi connectivity index (χ0v) is 16.0. The highest BCUT2D eigenvalue weighted by Gasteiger charge is 2.37. The second kappa shape index (κ2) is 8.10. The summed E-state index contributed by atoms with van der Waals surface area (Å²) in [7, 11) is 3.18. The van der Waals surface area contributed by atoms with Gasteiger partial charge in [0.1, 0.15) is 5.82 Å². The van der Waals surface area contributed by atoms with Gasteiger partial charge in [-0.25, -0.2) is 9.78 Å². The highest BCUT2D eigenvalue weighted by Crippen LogP contribution is 2.40. The molecule has 1 aliphatic rings. The van der Waals surface area contributed by atoms with Gasteiger partial charge in [-0.2, -0.15) is 13.2 Å². The summed E-state index contributed by atoms with van der Waals surface area (Å²) in [4.78, 5) is 29.5. The van der Waals surface area contributed by atoms with Crippen molar-refractivity contribution in [2.45, 2.75) is 31.0 Å². The number of hydrogen-bond acceptors (Lipinski definition) is 3. The number of carbonyl (C=O) groups excluding carboxylic acids is 2. The Bertz CT molecular complexity index is 915. The van der Waals surface area contributed by atoms with Crippen LogP contribution >= 0.6 is 0 Å². The molecule has 1 aromatic carbocycles. The predicted molar refractivity (Wildman–Crippen MR) is 101 cm³/mol. The number of urea groups is 1. The van der Waals surface area contributed by atoms with Crippen LogP contribution in [0.2, 0.25) is 0 Å². The van der Waals surface area contributed by atoms with Gasteiger partial charge in [-0.1, -0.05) is 18.2 Å². The summed E-state index contributed by atoms with van der Waals surface area (Å²) in [5.74, 6) is -0.300. The van der Waals surface area contributed by atoms with Crippen molar-refractivity contribution in [1.82, 2.24) is 15.2 Å². The zero-order valence-electron chi connectivity index (χ0n) is 16.0. The molecule has 9 heteroatoms. The minimum Gasteiger partial charge on any atom is -0.349 e.